The summed E-state index contributed by atoms with van der Waals surface area (Å²) in [5, 5.41) is 4.64. The Bertz CT molecular complexity index is 1570. The van der Waals surface area contributed by atoms with Crippen LogP contribution in [0.3, 0.4) is 0 Å². The molecule has 7 rings (SSSR count). The third-order valence-corrected chi connectivity index (χ3v) is 9.76. The number of nitrogens with one attached hydrogen (secondary N) is 1. The summed E-state index contributed by atoms with van der Waals surface area (Å²) in [5.41, 5.74) is 7.82. The summed E-state index contributed by atoms with van der Waals surface area (Å²) in [4.78, 5) is 22.0. The minimum Gasteiger partial charge on any atom is -0.494 e. The van der Waals surface area contributed by atoms with E-state index < -0.39 is 23.6 Å². The predicted molar refractivity (Wildman–Crippen MR) is 171 cm³/mol. The van der Waals surface area contributed by atoms with Crippen molar-refractivity contribution in [2.24, 2.45) is 0 Å². The molecular weight excluding hydrogens is 616 g/mol. The molecule has 3 aromatic rings. The first kappa shape index (κ1) is 31.7. The number of methoxy groups -OCH3 is 1. The Morgan fingerprint density at radius 2 is 1.57 bits per heavy atom. The molecule has 1 saturated carbocycles. The van der Waals surface area contributed by atoms with E-state index in [1.807, 2.05) is 12.1 Å². The number of ether oxygens (including phenoxy) is 1. The van der Waals surface area contributed by atoms with Crippen molar-refractivity contribution in [2.75, 3.05) is 74.0 Å². The van der Waals surface area contributed by atoms with Gasteiger partial charge in [-0.15, -0.1) is 0 Å². The fourth-order valence-electron chi connectivity index (χ4n) is 7.15. The van der Waals surface area contributed by atoms with Crippen molar-refractivity contribution in [1.82, 2.24) is 19.8 Å². The second kappa shape index (κ2) is 13.0. The number of nitrogens with two attached hydrogens (primary N) is 1. The third-order valence-electron chi connectivity index (χ3n) is 9.76. The van der Waals surface area contributed by atoms with Crippen LogP contribution in [-0.4, -0.2) is 84.8 Å². The fraction of sp³-hybridized carbons (Fsp3) is 0.515. The number of rotatable bonds is 8. The van der Waals surface area contributed by atoms with E-state index >= 15 is 0 Å². The Morgan fingerprint density at radius 1 is 0.872 bits per heavy atom. The fourth-order valence-corrected chi connectivity index (χ4v) is 7.15. The van der Waals surface area contributed by atoms with Crippen LogP contribution in [0.25, 0.3) is 0 Å². The van der Waals surface area contributed by atoms with E-state index in [4.69, 9.17) is 15.3 Å². The highest BCUT2D eigenvalue weighted by atomic mass is 19.4. The van der Waals surface area contributed by atoms with Gasteiger partial charge in [-0.1, -0.05) is 0 Å². The molecule has 1 aromatic heterocycles. The topological polar surface area (TPSA) is 95.2 Å². The van der Waals surface area contributed by atoms with Gasteiger partial charge in [0.25, 0.3) is 0 Å². The van der Waals surface area contributed by atoms with Crippen LogP contribution >= 0.6 is 0 Å². The maximum atomic E-state index is 14.2. The van der Waals surface area contributed by atoms with Crippen LogP contribution < -0.4 is 25.8 Å². The standard InChI is InChI=1S/C33H40F4N8O2/c1-46-30-18-29(44-7-4-25(5-8-44)43-11-9-42(10-12-43)24-2-3-24)26(38)17-27(30)41-31-19-32(40-20-39-31)45-28(6-13-47-45)21-14-22(33(35,36)37)16-23(34)15-21/h14-20,24-25,28H,2-13,38H2,1H3,(H,39,40,41)/t28-/m1/s1. The first-order chi connectivity index (χ1) is 22.7. The predicted octanol–water partition coefficient (Wildman–Crippen LogP) is 5.60. The molecule has 10 nitrogen and oxygen atoms in total. The molecule has 2 aromatic carbocycles. The maximum Gasteiger partial charge on any atom is 0.416 e. The highest BCUT2D eigenvalue weighted by Crippen LogP contribution is 2.40. The van der Waals surface area contributed by atoms with Gasteiger partial charge in [0.1, 0.15) is 23.7 Å². The summed E-state index contributed by atoms with van der Waals surface area (Å²) in [6.07, 6.45) is 1.90. The monoisotopic (exact) mass is 656 g/mol. The van der Waals surface area contributed by atoms with Crippen molar-refractivity contribution in [3.63, 3.8) is 0 Å². The van der Waals surface area contributed by atoms with Gasteiger partial charge in [0, 0.05) is 69.9 Å². The Morgan fingerprint density at radius 3 is 2.23 bits per heavy atom. The molecule has 4 heterocycles. The largest absolute Gasteiger partial charge is 0.494 e. The van der Waals surface area contributed by atoms with Gasteiger partial charge in [-0.25, -0.2) is 19.4 Å². The van der Waals surface area contributed by atoms with Gasteiger partial charge in [0.15, 0.2) is 5.82 Å². The number of benzene rings is 2. The van der Waals surface area contributed by atoms with Gasteiger partial charge in [-0.3, -0.25) is 14.6 Å². The number of nitrogen functional groups attached to an aromatic ring is 1. The molecule has 14 heteroatoms. The average molecular weight is 657 g/mol. The van der Waals surface area contributed by atoms with Crippen molar-refractivity contribution < 1.29 is 27.1 Å². The summed E-state index contributed by atoms with van der Waals surface area (Å²) in [5.74, 6) is 0.324. The molecule has 0 unspecified atom stereocenters. The second-order valence-electron chi connectivity index (χ2n) is 12.8. The van der Waals surface area contributed by atoms with Crippen molar-refractivity contribution >= 4 is 28.7 Å². The quantitative estimate of drug-likeness (QED) is 0.236. The summed E-state index contributed by atoms with van der Waals surface area (Å²) >= 11 is 0. The SMILES string of the molecule is COc1cc(N2CCC(N3CCN(C4CC4)CC3)CC2)c(N)cc1Nc1cc(N2OCC[C@@H]2c2cc(F)cc(C(F)(F)F)c2)ncn1. The lowest BCUT2D eigenvalue weighted by Gasteiger charge is -2.43. The zero-order valence-corrected chi connectivity index (χ0v) is 26.3. The first-order valence-corrected chi connectivity index (χ1v) is 16.3. The van der Waals surface area contributed by atoms with Gasteiger partial charge in [0.2, 0.25) is 0 Å². The van der Waals surface area contributed by atoms with E-state index in [2.05, 4.69) is 30.0 Å². The lowest BCUT2D eigenvalue weighted by molar-refractivity contribution is -0.137. The van der Waals surface area contributed by atoms with E-state index in [0.29, 0.717) is 47.3 Å². The minimum absolute atomic E-state index is 0.146. The molecule has 3 aliphatic heterocycles. The molecule has 1 aliphatic carbocycles. The third kappa shape index (κ3) is 6.90. The number of hydroxylamine groups is 1. The highest BCUT2D eigenvalue weighted by Gasteiger charge is 2.36. The van der Waals surface area contributed by atoms with Crippen molar-refractivity contribution in [3.8, 4) is 5.75 Å². The number of anilines is 5. The van der Waals surface area contributed by atoms with Crippen molar-refractivity contribution in [2.45, 2.75) is 56.4 Å². The molecule has 4 fully saturated rings. The van der Waals surface area contributed by atoms with E-state index in [1.165, 1.54) is 37.3 Å². The maximum absolute atomic E-state index is 14.2. The number of nitrogens with zero attached hydrogens (tertiary/aromatic N) is 6. The highest BCUT2D eigenvalue weighted by molar-refractivity contribution is 5.80. The molecule has 252 valence electrons. The van der Waals surface area contributed by atoms with Crippen LogP contribution in [0.5, 0.6) is 5.75 Å². The number of piperidine rings is 1. The van der Waals surface area contributed by atoms with Gasteiger partial charge >= 0.3 is 6.18 Å². The molecular formula is C33H40F4N8O2. The Labute approximate surface area is 271 Å². The molecule has 4 aliphatic rings. The number of hydrogen-bond donors (Lipinski definition) is 2. The van der Waals surface area contributed by atoms with Gasteiger partial charge in [0.05, 0.1) is 42.4 Å². The summed E-state index contributed by atoms with van der Waals surface area (Å²) < 4.78 is 60.1. The van der Waals surface area contributed by atoms with Gasteiger partial charge in [-0.2, -0.15) is 13.2 Å². The van der Waals surface area contributed by atoms with Gasteiger partial charge < -0.3 is 20.7 Å². The zero-order chi connectivity index (χ0) is 32.7. The number of aromatic nitrogens is 2. The summed E-state index contributed by atoms with van der Waals surface area (Å²) in [7, 11) is 1.59. The molecule has 3 N–H and O–H groups in total. The van der Waals surface area contributed by atoms with Crippen LogP contribution in [0.15, 0.2) is 42.7 Å². The summed E-state index contributed by atoms with van der Waals surface area (Å²) in [6.45, 7) is 6.71. The molecule has 0 radical (unpaired) electrons. The number of halogens is 4. The number of alkyl halides is 3. The molecule has 0 bridgehead atoms. The molecule has 0 spiro atoms. The van der Waals surface area contributed by atoms with Crippen LogP contribution in [0.1, 0.15) is 49.3 Å². The lowest BCUT2D eigenvalue weighted by Crippen LogP contribution is -2.53. The molecule has 3 saturated heterocycles. The normalized spacial score (nSPS) is 21.8. The number of piperazine rings is 1. The van der Waals surface area contributed by atoms with Crippen LogP contribution in [-0.2, 0) is 11.0 Å². The van der Waals surface area contributed by atoms with Crippen LogP contribution in [0.2, 0.25) is 0 Å². The lowest BCUT2D eigenvalue weighted by atomic mass is 10.0. The minimum atomic E-state index is -4.68. The van der Waals surface area contributed by atoms with E-state index in [0.717, 1.165) is 62.9 Å². The van der Waals surface area contributed by atoms with Crippen molar-refractivity contribution in [3.05, 3.63) is 59.7 Å². The Balaban J connectivity index is 1.03. The van der Waals surface area contributed by atoms with Crippen LogP contribution in [0.4, 0.5) is 46.3 Å². The smallest absolute Gasteiger partial charge is 0.416 e. The summed E-state index contributed by atoms with van der Waals surface area (Å²) in [6, 6.07) is 8.66. The first-order valence-electron chi connectivity index (χ1n) is 16.3. The van der Waals surface area contributed by atoms with E-state index in [-0.39, 0.29) is 12.2 Å². The average Bonchev–Trinajstić information content (AvgIpc) is 3.80. The molecule has 0 amide bonds. The molecule has 1 atom stereocenters. The molecule has 47 heavy (non-hydrogen) atoms. The van der Waals surface area contributed by atoms with Crippen molar-refractivity contribution in [1.29, 1.82) is 0 Å². The number of hydrogen-bond acceptors (Lipinski definition) is 10. The van der Waals surface area contributed by atoms with Crippen LogP contribution in [0, 0.1) is 5.82 Å². The zero-order valence-electron chi connectivity index (χ0n) is 26.3. The van der Waals surface area contributed by atoms with E-state index in [1.54, 1.807) is 13.2 Å². The Kier molecular flexibility index (Phi) is 8.75. The van der Waals surface area contributed by atoms with Gasteiger partial charge in [-0.05, 0) is 55.5 Å². The second-order valence-corrected chi connectivity index (χ2v) is 12.8. The van der Waals surface area contributed by atoms with E-state index in [9.17, 15) is 17.6 Å². The Hall–Kier alpha value is -3.88.